The maximum Gasteiger partial charge on any atom is 0.295 e. The van der Waals surface area contributed by atoms with Crippen molar-refractivity contribution in [3.63, 3.8) is 0 Å². The molecule has 0 aliphatic carbocycles. The van der Waals surface area contributed by atoms with Crippen LogP contribution in [-0.4, -0.2) is 16.4 Å². The molecule has 7 heteroatoms. The van der Waals surface area contributed by atoms with Gasteiger partial charge in [-0.15, -0.1) is 0 Å². The largest absolute Gasteiger partial charge is 0.319 e. The van der Waals surface area contributed by atoms with Crippen molar-refractivity contribution in [2.45, 2.75) is 19.4 Å². The molecule has 17 heavy (non-hydrogen) atoms. The molecule has 0 unspecified atom stereocenters. The molecule has 0 bridgehead atoms. The molecule has 0 aliphatic rings. The van der Waals surface area contributed by atoms with Crippen molar-refractivity contribution in [1.29, 1.82) is 0 Å². The van der Waals surface area contributed by atoms with Crippen LogP contribution in [0.15, 0.2) is 18.2 Å². The molecule has 0 fully saturated rings. The summed E-state index contributed by atoms with van der Waals surface area (Å²) in [6, 6.07) is 2.88. The van der Waals surface area contributed by atoms with Crippen LogP contribution in [0.5, 0.6) is 0 Å². The van der Waals surface area contributed by atoms with Gasteiger partial charge in [0, 0.05) is 0 Å². The van der Waals surface area contributed by atoms with Gasteiger partial charge < -0.3 is 11.1 Å². The molecular weight excluding hydrogens is 229 g/mol. The highest BCUT2D eigenvalue weighted by molar-refractivity contribution is 5.98. The number of hydrogen-bond donors (Lipinski definition) is 2. The Balaban J connectivity index is 3.07. The van der Waals surface area contributed by atoms with Gasteiger partial charge in [-0.05, 0) is 26.0 Å². The Labute approximate surface area is 96.8 Å². The summed E-state index contributed by atoms with van der Waals surface area (Å²) < 4.78 is 12.8. The normalized spacial score (nSPS) is 11.1. The molecular formula is C10H12FN3O3. The van der Waals surface area contributed by atoms with Crippen LogP contribution in [0, 0.1) is 15.9 Å². The lowest BCUT2D eigenvalue weighted by Crippen LogP contribution is -2.45. The van der Waals surface area contributed by atoms with Crippen molar-refractivity contribution >= 4 is 17.3 Å². The summed E-state index contributed by atoms with van der Waals surface area (Å²) in [5.74, 6) is -1.34. The number of carbonyl (C=O) groups is 1. The van der Waals surface area contributed by atoms with Crippen LogP contribution in [0.2, 0.25) is 0 Å². The van der Waals surface area contributed by atoms with E-state index in [1.165, 1.54) is 13.8 Å². The number of rotatable bonds is 3. The Morgan fingerprint density at radius 2 is 2.12 bits per heavy atom. The van der Waals surface area contributed by atoms with Crippen LogP contribution in [0.4, 0.5) is 15.8 Å². The Hall–Kier alpha value is -2.02. The molecule has 0 heterocycles. The predicted molar refractivity (Wildman–Crippen MR) is 60.0 cm³/mol. The lowest BCUT2D eigenvalue weighted by atomic mass is 10.1. The molecule has 0 spiro atoms. The van der Waals surface area contributed by atoms with Gasteiger partial charge in [-0.25, -0.2) is 4.39 Å². The first-order valence-electron chi connectivity index (χ1n) is 4.76. The minimum atomic E-state index is -1.18. The van der Waals surface area contributed by atoms with Gasteiger partial charge in [-0.2, -0.15) is 0 Å². The standard InChI is InChI=1S/C10H12FN3O3/c1-10(2,12)9(15)13-7-4-3-6(11)5-8(7)14(16)17/h3-5H,12H2,1-2H3,(H,13,15). The fourth-order valence-corrected chi connectivity index (χ4v) is 1.04. The molecule has 0 aromatic heterocycles. The Morgan fingerprint density at radius 1 is 1.53 bits per heavy atom. The van der Waals surface area contributed by atoms with Gasteiger partial charge in [-0.3, -0.25) is 14.9 Å². The minimum absolute atomic E-state index is 0.0834. The lowest BCUT2D eigenvalue weighted by molar-refractivity contribution is -0.384. The summed E-state index contributed by atoms with van der Waals surface area (Å²) in [5.41, 5.74) is 3.75. The van der Waals surface area contributed by atoms with Gasteiger partial charge in [-0.1, -0.05) is 0 Å². The number of nitro groups is 1. The first-order valence-corrected chi connectivity index (χ1v) is 4.76. The van der Waals surface area contributed by atoms with Gasteiger partial charge in [0.25, 0.3) is 5.69 Å². The third kappa shape index (κ3) is 3.22. The van der Waals surface area contributed by atoms with E-state index in [-0.39, 0.29) is 5.69 Å². The second-order valence-electron chi connectivity index (χ2n) is 4.09. The summed E-state index contributed by atoms with van der Waals surface area (Å²) in [7, 11) is 0. The molecule has 0 aliphatic heterocycles. The molecule has 1 amide bonds. The van der Waals surface area contributed by atoms with Crippen molar-refractivity contribution in [3.8, 4) is 0 Å². The van der Waals surface area contributed by atoms with E-state index in [0.29, 0.717) is 0 Å². The van der Waals surface area contributed by atoms with Gasteiger partial charge in [0.2, 0.25) is 5.91 Å². The fourth-order valence-electron chi connectivity index (χ4n) is 1.04. The fraction of sp³-hybridized carbons (Fsp3) is 0.300. The first-order chi connectivity index (χ1) is 7.71. The quantitative estimate of drug-likeness (QED) is 0.617. The van der Waals surface area contributed by atoms with E-state index in [9.17, 15) is 19.3 Å². The van der Waals surface area contributed by atoms with Crippen LogP contribution in [0.3, 0.4) is 0 Å². The maximum atomic E-state index is 12.8. The predicted octanol–water partition coefficient (Wildman–Crippen LogP) is 1.41. The van der Waals surface area contributed by atoms with Crippen molar-refractivity contribution in [2.24, 2.45) is 5.73 Å². The van der Waals surface area contributed by atoms with Gasteiger partial charge >= 0.3 is 0 Å². The second-order valence-corrected chi connectivity index (χ2v) is 4.09. The number of benzene rings is 1. The molecule has 6 nitrogen and oxygen atoms in total. The third-order valence-corrected chi connectivity index (χ3v) is 1.99. The maximum absolute atomic E-state index is 12.8. The molecule has 0 saturated carbocycles. The van der Waals surface area contributed by atoms with E-state index < -0.39 is 27.9 Å². The molecule has 1 rings (SSSR count). The van der Waals surface area contributed by atoms with E-state index in [1.54, 1.807) is 0 Å². The topological polar surface area (TPSA) is 98.3 Å². The highest BCUT2D eigenvalue weighted by Gasteiger charge is 2.25. The van der Waals surface area contributed by atoms with Crippen LogP contribution >= 0.6 is 0 Å². The summed E-state index contributed by atoms with van der Waals surface area (Å²) >= 11 is 0. The summed E-state index contributed by atoms with van der Waals surface area (Å²) in [6.07, 6.45) is 0. The Kier molecular flexibility index (Phi) is 3.42. The number of halogens is 1. The number of anilines is 1. The zero-order valence-electron chi connectivity index (χ0n) is 9.36. The number of nitro benzene ring substituents is 1. The van der Waals surface area contributed by atoms with Crippen molar-refractivity contribution in [3.05, 3.63) is 34.1 Å². The summed E-state index contributed by atoms with van der Waals surface area (Å²) in [5, 5.41) is 12.9. The van der Waals surface area contributed by atoms with E-state index >= 15 is 0 Å². The van der Waals surface area contributed by atoms with Crippen LogP contribution in [0.1, 0.15) is 13.8 Å². The van der Waals surface area contributed by atoms with E-state index in [0.717, 1.165) is 18.2 Å². The highest BCUT2D eigenvalue weighted by atomic mass is 19.1. The van der Waals surface area contributed by atoms with Crippen molar-refractivity contribution in [2.75, 3.05) is 5.32 Å². The number of nitrogens with zero attached hydrogens (tertiary/aromatic N) is 1. The summed E-state index contributed by atoms with van der Waals surface area (Å²) in [4.78, 5) is 21.4. The molecule has 1 aromatic carbocycles. The van der Waals surface area contributed by atoms with Gasteiger partial charge in [0.1, 0.15) is 11.5 Å². The average Bonchev–Trinajstić information content (AvgIpc) is 2.18. The number of nitrogens with two attached hydrogens (primary N) is 1. The smallest absolute Gasteiger partial charge is 0.295 e. The van der Waals surface area contributed by atoms with Crippen LogP contribution in [0.25, 0.3) is 0 Å². The van der Waals surface area contributed by atoms with E-state index in [4.69, 9.17) is 5.73 Å². The monoisotopic (exact) mass is 241 g/mol. The average molecular weight is 241 g/mol. The highest BCUT2D eigenvalue weighted by Crippen LogP contribution is 2.25. The van der Waals surface area contributed by atoms with Crippen molar-refractivity contribution in [1.82, 2.24) is 0 Å². The number of hydrogen-bond acceptors (Lipinski definition) is 4. The van der Waals surface area contributed by atoms with Gasteiger partial charge in [0.05, 0.1) is 16.5 Å². The second kappa shape index (κ2) is 4.46. The molecule has 0 saturated heterocycles. The zero-order valence-corrected chi connectivity index (χ0v) is 9.36. The van der Waals surface area contributed by atoms with E-state index in [1.807, 2.05) is 0 Å². The summed E-state index contributed by atoms with van der Waals surface area (Å²) in [6.45, 7) is 2.91. The Bertz CT molecular complexity index is 468. The molecule has 3 N–H and O–H groups in total. The van der Waals surface area contributed by atoms with Gasteiger partial charge in [0.15, 0.2) is 0 Å². The lowest BCUT2D eigenvalue weighted by Gasteiger charge is -2.17. The first kappa shape index (κ1) is 13.0. The SMILES string of the molecule is CC(C)(N)C(=O)Nc1ccc(F)cc1[N+](=O)[O-]. The third-order valence-electron chi connectivity index (χ3n) is 1.99. The minimum Gasteiger partial charge on any atom is -0.319 e. The van der Waals surface area contributed by atoms with Crippen molar-refractivity contribution < 1.29 is 14.1 Å². The molecule has 92 valence electrons. The molecule has 1 aromatic rings. The van der Waals surface area contributed by atoms with E-state index in [2.05, 4.69) is 5.32 Å². The molecule has 0 atom stereocenters. The van der Waals surface area contributed by atoms with Crippen LogP contribution in [-0.2, 0) is 4.79 Å². The number of nitrogens with one attached hydrogen (secondary N) is 1. The number of amides is 1. The zero-order chi connectivity index (χ0) is 13.2. The van der Waals surface area contributed by atoms with Crippen LogP contribution < -0.4 is 11.1 Å². The number of carbonyl (C=O) groups excluding carboxylic acids is 1. The molecule has 0 radical (unpaired) electrons. The Morgan fingerprint density at radius 3 is 2.59 bits per heavy atom.